The lowest BCUT2D eigenvalue weighted by atomic mass is 10.1. The number of hydrogen-bond acceptors (Lipinski definition) is 7. The number of anilines is 1. The molecule has 0 radical (unpaired) electrons. The van der Waals surface area contributed by atoms with Crippen molar-refractivity contribution in [3.05, 3.63) is 46.1 Å². The number of fused-ring (bicyclic) bond motifs is 1. The van der Waals surface area contributed by atoms with E-state index < -0.39 is 0 Å². The SMILES string of the molecule is CCN(CC)Cc1cc(/C(C)=N\Nc2ncnc3sc(C)c(C)c23)ccc1OC. The number of methoxy groups -OCH3 is 1. The van der Waals surface area contributed by atoms with Crippen LogP contribution in [0.5, 0.6) is 5.75 Å². The zero-order valence-electron chi connectivity index (χ0n) is 18.0. The van der Waals surface area contributed by atoms with Crippen LogP contribution in [0.2, 0.25) is 0 Å². The summed E-state index contributed by atoms with van der Waals surface area (Å²) in [5, 5.41) is 5.65. The van der Waals surface area contributed by atoms with Crippen LogP contribution in [-0.2, 0) is 6.54 Å². The van der Waals surface area contributed by atoms with Gasteiger partial charge >= 0.3 is 0 Å². The molecule has 0 atom stereocenters. The normalized spacial score (nSPS) is 12.0. The standard InChI is InChI=1S/C22H29N5OS/c1-7-27(8-2)12-18-11-17(9-10-19(18)28-6)15(4)25-26-21-20-14(3)16(5)29-22(20)24-13-23-21/h9-11,13H,7-8,12H2,1-6H3,(H,23,24,26)/b25-15-. The minimum absolute atomic E-state index is 0.744. The van der Waals surface area contributed by atoms with Crippen molar-refractivity contribution in [2.45, 2.75) is 41.2 Å². The number of aryl methyl sites for hydroxylation is 2. The summed E-state index contributed by atoms with van der Waals surface area (Å²) >= 11 is 1.68. The van der Waals surface area contributed by atoms with Crippen molar-refractivity contribution in [3.63, 3.8) is 0 Å². The van der Waals surface area contributed by atoms with Crippen LogP contribution in [0.15, 0.2) is 29.6 Å². The highest BCUT2D eigenvalue weighted by molar-refractivity contribution is 7.18. The van der Waals surface area contributed by atoms with Crippen molar-refractivity contribution in [2.24, 2.45) is 5.10 Å². The molecule has 7 heteroatoms. The van der Waals surface area contributed by atoms with E-state index in [0.29, 0.717) is 0 Å². The van der Waals surface area contributed by atoms with E-state index in [9.17, 15) is 0 Å². The Morgan fingerprint density at radius 3 is 2.66 bits per heavy atom. The largest absolute Gasteiger partial charge is 0.496 e. The van der Waals surface area contributed by atoms with Crippen molar-refractivity contribution in [1.29, 1.82) is 0 Å². The first-order chi connectivity index (χ1) is 14.0. The summed E-state index contributed by atoms with van der Waals surface area (Å²) in [7, 11) is 1.72. The van der Waals surface area contributed by atoms with Crippen molar-refractivity contribution >= 4 is 33.1 Å². The molecule has 0 aliphatic rings. The Balaban J connectivity index is 1.88. The molecule has 0 unspecified atom stereocenters. The van der Waals surface area contributed by atoms with Crippen LogP contribution >= 0.6 is 11.3 Å². The second kappa shape index (κ2) is 9.33. The Labute approximate surface area is 176 Å². The molecule has 0 fully saturated rings. The maximum Gasteiger partial charge on any atom is 0.158 e. The van der Waals surface area contributed by atoms with Crippen LogP contribution in [-0.4, -0.2) is 40.8 Å². The molecule has 0 saturated heterocycles. The molecule has 0 aliphatic heterocycles. The Kier molecular flexibility index (Phi) is 6.82. The maximum absolute atomic E-state index is 5.56. The first-order valence-electron chi connectivity index (χ1n) is 9.89. The van der Waals surface area contributed by atoms with Gasteiger partial charge in [0.2, 0.25) is 0 Å². The molecule has 154 valence electrons. The van der Waals surface area contributed by atoms with E-state index in [0.717, 1.165) is 58.3 Å². The third-order valence-corrected chi connectivity index (χ3v) is 6.40. The lowest BCUT2D eigenvalue weighted by Gasteiger charge is -2.20. The van der Waals surface area contributed by atoms with Crippen LogP contribution in [0.1, 0.15) is 42.3 Å². The second-order valence-corrected chi connectivity index (χ2v) is 8.19. The fraction of sp³-hybridized carbons (Fsp3) is 0.409. The molecule has 29 heavy (non-hydrogen) atoms. The zero-order valence-corrected chi connectivity index (χ0v) is 18.9. The van der Waals surface area contributed by atoms with E-state index in [2.05, 4.69) is 59.2 Å². The Bertz CT molecular complexity index is 1020. The van der Waals surface area contributed by atoms with Gasteiger partial charge in [-0.25, -0.2) is 9.97 Å². The minimum Gasteiger partial charge on any atom is -0.496 e. The molecule has 0 spiro atoms. The van der Waals surface area contributed by atoms with Gasteiger partial charge in [0.15, 0.2) is 5.82 Å². The van der Waals surface area contributed by atoms with E-state index in [-0.39, 0.29) is 0 Å². The molecule has 0 aliphatic carbocycles. The highest BCUT2D eigenvalue weighted by Crippen LogP contribution is 2.32. The average molecular weight is 412 g/mol. The highest BCUT2D eigenvalue weighted by atomic mass is 32.1. The summed E-state index contributed by atoms with van der Waals surface area (Å²) in [6.45, 7) is 13.4. The first-order valence-corrected chi connectivity index (χ1v) is 10.7. The molecule has 0 saturated carbocycles. The van der Waals surface area contributed by atoms with Crippen LogP contribution < -0.4 is 10.2 Å². The predicted octanol–water partition coefficient (Wildman–Crippen LogP) is 4.99. The third kappa shape index (κ3) is 4.57. The van der Waals surface area contributed by atoms with Gasteiger partial charge in [-0.3, -0.25) is 10.3 Å². The molecule has 0 amide bonds. The molecule has 2 aromatic heterocycles. The number of rotatable bonds is 8. The van der Waals surface area contributed by atoms with Gasteiger partial charge in [-0.15, -0.1) is 11.3 Å². The van der Waals surface area contributed by atoms with Gasteiger partial charge in [0.1, 0.15) is 16.9 Å². The molecule has 0 bridgehead atoms. The number of hydrogen-bond donors (Lipinski definition) is 1. The molecular formula is C22H29N5OS. The maximum atomic E-state index is 5.56. The summed E-state index contributed by atoms with van der Waals surface area (Å²) in [6, 6.07) is 6.22. The van der Waals surface area contributed by atoms with E-state index in [1.54, 1.807) is 24.8 Å². The summed E-state index contributed by atoms with van der Waals surface area (Å²) in [5.41, 5.74) is 7.47. The predicted molar refractivity (Wildman–Crippen MR) is 122 cm³/mol. The number of ether oxygens (including phenoxy) is 1. The van der Waals surface area contributed by atoms with Crippen molar-refractivity contribution in [3.8, 4) is 5.75 Å². The van der Waals surface area contributed by atoms with Crippen LogP contribution in [0.4, 0.5) is 5.82 Å². The number of nitrogens with zero attached hydrogens (tertiary/aromatic N) is 4. The number of nitrogens with one attached hydrogen (secondary N) is 1. The fourth-order valence-corrected chi connectivity index (χ4v) is 4.28. The minimum atomic E-state index is 0.744. The summed E-state index contributed by atoms with van der Waals surface area (Å²) in [6.07, 6.45) is 1.58. The van der Waals surface area contributed by atoms with Gasteiger partial charge in [-0.05, 0) is 63.2 Å². The molecule has 3 rings (SSSR count). The van der Waals surface area contributed by atoms with Gasteiger partial charge in [-0.2, -0.15) is 5.10 Å². The van der Waals surface area contributed by atoms with Gasteiger partial charge in [0, 0.05) is 17.0 Å². The second-order valence-electron chi connectivity index (χ2n) is 6.98. The fourth-order valence-electron chi connectivity index (χ4n) is 3.28. The number of hydrazone groups is 1. The van der Waals surface area contributed by atoms with E-state index >= 15 is 0 Å². The Hall–Kier alpha value is -2.51. The topological polar surface area (TPSA) is 62.6 Å². The number of benzene rings is 1. The summed E-state index contributed by atoms with van der Waals surface area (Å²) < 4.78 is 5.56. The van der Waals surface area contributed by atoms with Gasteiger partial charge in [0.05, 0.1) is 18.2 Å². The molecule has 2 heterocycles. The summed E-state index contributed by atoms with van der Waals surface area (Å²) in [4.78, 5) is 13.4. The van der Waals surface area contributed by atoms with Crippen molar-refractivity contribution in [2.75, 3.05) is 25.6 Å². The average Bonchev–Trinajstić information content (AvgIpc) is 3.04. The molecule has 3 aromatic rings. The van der Waals surface area contributed by atoms with Crippen molar-refractivity contribution in [1.82, 2.24) is 14.9 Å². The number of aromatic nitrogens is 2. The van der Waals surface area contributed by atoms with Crippen LogP contribution in [0, 0.1) is 13.8 Å². The monoisotopic (exact) mass is 411 g/mol. The smallest absolute Gasteiger partial charge is 0.158 e. The quantitative estimate of drug-likeness (QED) is 0.418. The van der Waals surface area contributed by atoms with E-state index in [4.69, 9.17) is 4.74 Å². The van der Waals surface area contributed by atoms with Crippen LogP contribution in [0.3, 0.4) is 0 Å². The molecule has 6 nitrogen and oxygen atoms in total. The summed E-state index contributed by atoms with van der Waals surface area (Å²) in [5.74, 6) is 1.65. The number of thiophene rings is 1. The van der Waals surface area contributed by atoms with E-state index in [1.165, 1.54) is 10.4 Å². The van der Waals surface area contributed by atoms with E-state index in [1.807, 2.05) is 19.1 Å². The zero-order chi connectivity index (χ0) is 21.0. The lowest BCUT2D eigenvalue weighted by Crippen LogP contribution is -2.22. The van der Waals surface area contributed by atoms with Gasteiger partial charge in [0.25, 0.3) is 0 Å². The van der Waals surface area contributed by atoms with Gasteiger partial charge in [-0.1, -0.05) is 13.8 Å². The molecule has 1 aromatic carbocycles. The molecule has 1 N–H and O–H groups in total. The highest BCUT2D eigenvalue weighted by Gasteiger charge is 2.12. The van der Waals surface area contributed by atoms with Crippen molar-refractivity contribution < 1.29 is 4.74 Å². The third-order valence-electron chi connectivity index (χ3n) is 5.28. The Morgan fingerprint density at radius 1 is 1.21 bits per heavy atom. The molecular weight excluding hydrogens is 382 g/mol. The first kappa shape index (κ1) is 21.2. The lowest BCUT2D eigenvalue weighted by molar-refractivity contribution is 0.289. The van der Waals surface area contributed by atoms with Gasteiger partial charge < -0.3 is 4.74 Å². The Morgan fingerprint density at radius 2 is 1.97 bits per heavy atom. The van der Waals surface area contributed by atoms with Crippen LogP contribution in [0.25, 0.3) is 10.2 Å².